The number of carbonyl (C=O) groups excluding carboxylic acids is 1. The van der Waals surface area contributed by atoms with Crippen LogP contribution in [0.15, 0.2) is 0 Å². The number of carboxylic acid groups (broad SMARTS) is 1. The lowest BCUT2D eigenvalue weighted by Crippen LogP contribution is -2.38. The number of nitrogens with one attached hydrogen (secondary N) is 1. The Labute approximate surface area is 78.3 Å². The van der Waals surface area contributed by atoms with E-state index in [0.717, 1.165) is 6.42 Å². The summed E-state index contributed by atoms with van der Waals surface area (Å²) in [6.45, 7) is 5.42. The van der Waals surface area contributed by atoms with E-state index in [1.165, 1.54) is 6.92 Å². The molecule has 76 valence electrons. The molecule has 13 heavy (non-hydrogen) atoms. The van der Waals surface area contributed by atoms with Crippen LogP contribution in [0.2, 0.25) is 0 Å². The van der Waals surface area contributed by atoms with Crippen molar-refractivity contribution in [3.8, 4) is 0 Å². The highest BCUT2D eigenvalue weighted by Gasteiger charge is 2.14. The third-order valence-corrected chi connectivity index (χ3v) is 1.98. The highest BCUT2D eigenvalue weighted by molar-refractivity contribution is 5.83. The molecule has 0 fully saturated rings. The van der Waals surface area contributed by atoms with E-state index in [1.807, 2.05) is 13.8 Å². The Hall–Kier alpha value is -1.06. The van der Waals surface area contributed by atoms with Crippen molar-refractivity contribution in [1.29, 1.82) is 0 Å². The van der Waals surface area contributed by atoms with E-state index in [1.54, 1.807) is 0 Å². The summed E-state index contributed by atoms with van der Waals surface area (Å²) in [7, 11) is 0. The zero-order valence-electron chi connectivity index (χ0n) is 8.33. The summed E-state index contributed by atoms with van der Waals surface area (Å²) in [5.41, 5.74) is 0. The number of aliphatic carboxylic acids is 1. The van der Waals surface area contributed by atoms with Gasteiger partial charge in [0.1, 0.15) is 6.04 Å². The molecule has 0 aromatic carbocycles. The van der Waals surface area contributed by atoms with Crippen LogP contribution in [0, 0.1) is 5.92 Å². The van der Waals surface area contributed by atoms with Gasteiger partial charge in [0.2, 0.25) is 5.91 Å². The van der Waals surface area contributed by atoms with Crippen molar-refractivity contribution >= 4 is 11.9 Å². The van der Waals surface area contributed by atoms with Gasteiger partial charge in [0, 0.05) is 6.42 Å². The predicted molar refractivity (Wildman–Crippen MR) is 49.3 cm³/mol. The Balaban J connectivity index is 3.81. The summed E-state index contributed by atoms with van der Waals surface area (Å²) < 4.78 is 0. The van der Waals surface area contributed by atoms with Gasteiger partial charge in [-0.2, -0.15) is 0 Å². The van der Waals surface area contributed by atoms with E-state index in [4.69, 9.17) is 5.11 Å². The van der Waals surface area contributed by atoms with Gasteiger partial charge < -0.3 is 10.4 Å². The standard InChI is InChI=1S/C9H17NO3/c1-4-6(2)5-8(11)10-7(3)9(12)13/h6-7H,4-5H2,1-3H3,(H,10,11)(H,12,13). The Morgan fingerprint density at radius 2 is 1.92 bits per heavy atom. The van der Waals surface area contributed by atoms with Crippen LogP contribution in [0.5, 0.6) is 0 Å². The lowest BCUT2D eigenvalue weighted by atomic mass is 10.0. The fourth-order valence-electron chi connectivity index (χ4n) is 0.823. The smallest absolute Gasteiger partial charge is 0.325 e. The summed E-state index contributed by atoms with van der Waals surface area (Å²) in [6, 6.07) is -0.795. The lowest BCUT2D eigenvalue weighted by Gasteiger charge is -2.11. The Kier molecular flexibility index (Phi) is 5.11. The molecular weight excluding hydrogens is 170 g/mol. The van der Waals surface area contributed by atoms with Gasteiger partial charge in [0.15, 0.2) is 0 Å². The first kappa shape index (κ1) is 11.9. The fraction of sp³-hybridized carbons (Fsp3) is 0.778. The van der Waals surface area contributed by atoms with Gasteiger partial charge in [0.25, 0.3) is 0 Å². The van der Waals surface area contributed by atoms with E-state index < -0.39 is 12.0 Å². The number of amides is 1. The summed E-state index contributed by atoms with van der Waals surface area (Å²) in [5.74, 6) is -0.886. The number of rotatable bonds is 5. The molecule has 0 aliphatic heterocycles. The van der Waals surface area contributed by atoms with Crippen LogP contribution < -0.4 is 5.32 Å². The molecule has 2 N–H and O–H groups in total. The molecule has 0 aliphatic carbocycles. The minimum absolute atomic E-state index is 0.191. The van der Waals surface area contributed by atoms with E-state index in [0.29, 0.717) is 12.3 Å². The van der Waals surface area contributed by atoms with Crippen LogP contribution in [0.25, 0.3) is 0 Å². The van der Waals surface area contributed by atoms with Crippen LogP contribution in [-0.4, -0.2) is 23.0 Å². The highest BCUT2D eigenvalue weighted by atomic mass is 16.4. The molecule has 0 aromatic heterocycles. The molecule has 0 aliphatic rings. The summed E-state index contributed by atoms with van der Waals surface area (Å²) in [5, 5.41) is 10.9. The number of hydrogen-bond donors (Lipinski definition) is 2. The second-order valence-electron chi connectivity index (χ2n) is 3.34. The SMILES string of the molecule is CCC(C)CC(=O)NC(C)C(=O)O. The Morgan fingerprint density at radius 3 is 2.31 bits per heavy atom. The maximum atomic E-state index is 11.2. The van der Waals surface area contributed by atoms with Crippen LogP contribution in [0.4, 0.5) is 0 Å². The Morgan fingerprint density at radius 1 is 1.38 bits per heavy atom. The number of carbonyl (C=O) groups is 2. The molecule has 1 amide bonds. The van der Waals surface area contributed by atoms with Crippen LogP contribution in [-0.2, 0) is 9.59 Å². The predicted octanol–water partition coefficient (Wildman–Crippen LogP) is 1.01. The number of carboxylic acids is 1. The first-order chi connectivity index (χ1) is 5.97. The van der Waals surface area contributed by atoms with Crippen molar-refractivity contribution in [2.75, 3.05) is 0 Å². The van der Waals surface area contributed by atoms with Gasteiger partial charge in [-0.3, -0.25) is 9.59 Å². The average Bonchev–Trinajstić information content (AvgIpc) is 2.03. The molecule has 2 atom stereocenters. The summed E-state index contributed by atoms with van der Waals surface area (Å²) >= 11 is 0. The molecule has 0 saturated carbocycles. The maximum Gasteiger partial charge on any atom is 0.325 e. The van der Waals surface area contributed by atoms with Crippen LogP contribution in [0.3, 0.4) is 0 Å². The van der Waals surface area contributed by atoms with Crippen LogP contribution in [0.1, 0.15) is 33.6 Å². The minimum atomic E-state index is -1.00. The highest BCUT2D eigenvalue weighted by Crippen LogP contribution is 2.05. The van der Waals surface area contributed by atoms with Gasteiger partial charge in [-0.25, -0.2) is 0 Å². The average molecular weight is 187 g/mol. The molecule has 4 heteroatoms. The fourth-order valence-corrected chi connectivity index (χ4v) is 0.823. The molecule has 0 aromatic rings. The lowest BCUT2D eigenvalue weighted by molar-refractivity contribution is -0.141. The molecule has 0 bridgehead atoms. The van der Waals surface area contributed by atoms with Gasteiger partial charge in [-0.1, -0.05) is 20.3 Å². The summed E-state index contributed by atoms with van der Waals surface area (Å²) in [4.78, 5) is 21.5. The van der Waals surface area contributed by atoms with Crippen molar-refractivity contribution in [3.05, 3.63) is 0 Å². The largest absolute Gasteiger partial charge is 0.480 e. The first-order valence-electron chi connectivity index (χ1n) is 4.49. The zero-order valence-corrected chi connectivity index (χ0v) is 8.33. The molecule has 0 radical (unpaired) electrons. The molecule has 0 spiro atoms. The molecule has 0 saturated heterocycles. The summed E-state index contributed by atoms with van der Waals surface area (Å²) in [6.07, 6.45) is 1.32. The van der Waals surface area contributed by atoms with Crippen molar-refractivity contribution in [2.24, 2.45) is 5.92 Å². The normalized spacial score (nSPS) is 14.7. The monoisotopic (exact) mass is 187 g/mol. The second-order valence-corrected chi connectivity index (χ2v) is 3.34. The minimum Gasteiger partial charge on any atom is -0.480 e. The molecular formula is C9H17NO3. The van der Waals surface area contributed by atoms with E-state index >= 15 is 0 Å². The van der Waals surface area contributed by atoms with Gasteiger partial charge in [0.05, 0.1) is 0 Å². The van der Waals surface area contributed by atoms with Crippen molar-refractivity contribution in [1.82, 2.24) is 5.32 Å². The third-order valence-electron chi connectivity index (χ3n) is 1.98. The maximum absolute atomic E-state index is 11.2. The Bertz CT molecular complexity index is 191. The van der Waals surface area contributed by atoms with Crippen LogP contribution >= 0.6 is 0 Å². The molecule has 0 heterocycles. The topological polar surface area (TPSA) is 66.4 Å². The second kappa shape index (κ2) is 5.56. The quantitative estimate of drug-likeness (QED) is 0.675. The van der Waals surface area contributed by atoms with E-state index in [2.05, 4.69) is 5.32 Å². The molecule has 2 unspecified atom stereocenters. The van der Waals surface area contributed by atoms with E-state index in [9.17, 15) is 9.59 Å². The van der Waals surface area contributed by atoms with Gasteiger partial charge in [-0.15, -0.1) is 0 Å². The molecule has 4 nitrogen and oxygen atoms in total. The van der Waals surface area contributed by atoms with Crippen molar-refractivity contribution < 1.29 is 14.7 Å². The van der Waals surface area contributed by atoms with E-state index in [-0.39, 0.29) is 5.91 Å². The van der Waals surface area contributed by atoms with Gasteiger partial charge >= 0.3 is 5.97 Å². The van der Waals surface area contributed by atoms with Crippen molar-refractivity contribution in [2.45, 2.75) is 39.7 Å². The van der Waals surface area contributed by atoms with Gasteiger partial charge in [-0.05, 0) is 12.8 Å². The first-order valence-corrected chi connectivity index (χ1v) is 4.49. The zero-order chi connectivity index (χ0) is 10.4. The van der Waals surface area contributed by atoms with Crippen molar-refractivity contribution in [3.63, 3.8) is 0 Å². The number of hydrogen-bond acceptors (Lipinski definition) is 2. The molecule has 0 rings (SSSR count). The third kappa shape index (κ3) is 5.22.